The van der Waals surface area contributed by atoms with Crippen molar-refractivity contribution in [1.82, 2.24) is 0 Å². The minimum atomic E-state index is -2.55. The molecule has 0 radical (unpaired) electrons. The Kier molecular flexibility index (Phi) is 6.24. The molecule has 0 aliphatic heterocycles. The minimum Gasteiger partial charge on any atom is -0.407 e. The zero-order chi connectivity index (χ0) is 18.5. The van der Waals surface area contributed by atoms with Gasteiger partial charge in [-0.3, -0.25) is 0 Å². The van der Waals surface area contributed by atoms with E-state index in [4.69, 9.17) is 10.8 Å². The highest BCUT2D eigenvalue weighted by Gasteiger charge is 2.50. The summed E-state index contributed by atoms with van der Waals surface area (Å²) in [6, 6.07) is 21.0. The van der Waals surface area contributed by atoms with Gasteiger partial charge in [0.05, 0.1) is 0 Å². The average Bonchev–Trinajstić information content (AvgIpc) is 2.62. The smallest absolute Gasteiger partial charge is 0.261 e. The van der Waals surface area contributed by atoms with Crippen LogP contribution in [0.25, 0.3) is 0 Å². The highest BCUT2D eigenvalue weighted by Crippen LogP contribution is 2.37. The molecule has 0 aliphatic rings. The Balaban J connectivity index is 2.55. The van der Waals surface area contributed by atoms with Gasteiger partial charge in [-0.2, -0.15) is 0 Å². The van der Waals surface area contributed by atoms with Crippen LogP contribution in [0.1, 0.15) is 27.7 Å². The summed E-state index contributed by atoms with van der Waals surface area (Å²) in [4.78, 5) is 0. The third-order valence-corrected chi connectivity index (χ3v) is 9.69. The first-order valence-corrected chi connectivity index (χ1v) is 10.6. The lowest BCUT2D eigenvalue weighted by molar-refractivity contribution is 0.123. The maximum absolute atomic E-state index is 9.97. The zero-order valence-electron chi connectivity index (χ0n) is 15.6. The SMILES string of the molecule is C#C[C@H](O)[C@@H](C)CO[Si](c1ccccc1)(c1ccccc1)C(C)(C)C. The van der Waals surface area contributed by atoms with Gasteiger partial charge in [0.15, 0.2) is 0 Å². The number of aliphatic hydroxyl groups is 1. The van der Waals surface area contributed by atoms with E-state index in [1.165, 1.54) is 10.4 Å². The van der Waals surface area contributed by atoms with Gasteiger partial charge in [0.1, 0.15) is 6.10 Å². The van der Waals surface area contributed by atoms with Crippen molar-refractivity contribution in [2.75, 3.05) is 6.61 Å². The molecule has 1 N–H and O–H groups in total. The van der Waals surface area contributed by atoms with Crippen LogP contribution in [0.4, 0.5) is 0 Å². The molecule has 2 aromatic carbocycles. The average molecular weight is 353 g/mol. The molecule has 2 nitrogen and oxygen atoms in total. The van der Waals surface area contributed by atoms with Gasteiger partial charge in [0, 0.05) is 12.5 Å². The Morgan fingerprint density at radius 2 is 1.44 bits per heavy atom. The van der Waals surface area contributed by atoms with E-state index in [0.717, 1.165) is 0 Å². The van der Waals surface area contributed by atoms with Crippen LogP contribution < -0.4 is 10.4 Å². The first-order valence-electron chi connectivity index (χ1n) is 8.72. The Labute approximate surface area is 153 Å². The van der Waals surface area contributed by atoms with E-state index in [0.29, 0.717) is 6.61 Å². The van der Waals surface area contributed by atoms with Crippen LogP contribution in [0.3, 0.4) is 0 Å². The number of hydrogen-bond acceptors (Lipinski definition) is 2. The second kappa shape index (κ2) is 8.01. The summed E-state index contributed by atoms with van der Waals surface area (Å²) in [7, 11) is -2.55. The van der Waals surface area contributed by atoms with Crippen molar-refractivity contribution in [3.8, 4) is 12.3 Å². The molecule has 0 bridgehead atoms. The molecule has 2 rings (SSSR count). The summed E-state index contributed by atoms with van der Waals surface area (Å²) in [6.45, 7) is 9.07. The second-order valence-corrected chi connectivity index (χ2v) is 11.9. The van der Waals surface area contributed by atoms with E-state index in [2.05, 4.69) is 75.2 Å². The maximum atomic E-state index is 9.97. The molecule has 0 unspecified atom stereocenters. The highest BCUT2D eigenvalue weighted by molar-refractivity contribution is 6.99. The highest BCUT2D eigenvalue weighted by atomic mass is 28.4. The first-order chi connectivity index (χ1) is 11.8. The quantitative estimate of drug-likeness (QED) is 0.639. The summed E-state index contributed by atoms with van der Waals surface area (Å²) < 4.78 is 6.73. The van der Waals surface area contributed by atoms with Crippen molar-refractivity contribution < 1.29 is 9.53 Å². The van der Waals surface area contributed by atoms with Gasteiger partial charge >= 0.3 is 0 Å². The molecule has 0 aromatic heterocycles. The molecule has 0 spiro atoms. The molecule has 2 aromatic rings. The van der Waals surface area contributed by atoms with Gasteiger partial charge < -0.3 is 9.53 Å². The molecule has 0 saturated heterocycles. The van der Waals surface area contributed by atoms with Gasteiger partial charge in [0.2, 0.25) is 0 Å². The van der Waals surface area contributed by atoms with E-state index < -0.39 is 14.4 Å². The van der Waals surface area contributed by atoms with Crippen LogP contribution in [0, 0.1) is 18.3 Å². The van der Waals surface area contributed by atoms with Crippen molar-refractivity contribution in [3.63, 3.8) is 0 Å². The van der Waals surface area contributed by atoms with E-state index in [-0.39, 0.29) is 11.0 Å². The summed E-state index contributed by atoms with van der Waals surface area (Å²) >= 11 is 0. The molecule has 2 atom stereocenters. The van der Waals surface area contributed by atoms with E-state index >= 15 is 0 Å². The topological polar surface area (TPSA) is 29.5 Å². The van der Waals surface area contributed by atoms with Gasteiger partial charge in [-0.05, 0) is 15.4 Å². The van der Waals surface area contributed by atoms with E-state index in [1.807, 2.05) is 19.1 Å². The van der Waals surface area contributed by atoms with Crippen molar-refractivity contribution in [3.05, 3.63) is 60.7 Å². The normalized spacial score (nSPS) is 14.6. The van der Waals surface area contributed by atoms with Crippen LogP contribution in [-0.4, -0.2) is 26.1 Å². The number of hydrogen-bond donors (Lipinski definition) is 1. The molecule has 132 valence electrons. The molecule has 0 aliphatic carbocycles. The van der Waals surface area contributed by atoms with E-state index in [1.54, 1.807) is 0 Å². The number of benzene rings is 2. The van der Waals surface area contributed by atoms with Crippen LogP contribution in [-0.2, 0) is 4.43 Å². The van der Waals surface area contributed by atoms with Crippen LogP contribution in [0.15, 0.2) is 60.7 Å². The van der Waals surface area contributed by atoms with Crippen LogP contribution in [0.5, 0.6) is 0 Å². The largest absolute Gasteiger partial charge is 0.407 e. The molecule has 25 heavy (non-hydrogen) atoms. The number of aliphatic hydroxyl groups excluding tert-OH is 1. The predicted molar refractivity (Wildman–Crippen MR) is 108 cm³/mol. The first kappa shape index (κ1) is 19.5. The third kappa shape index (κ3) is 4.04. The molecular weight excluding hydrogens is 324 g/mol. The minimum absolute atomic E-state index is 0.0729. The van der Waals surface area contributed by atoms with Gasteiger partial charge in [-0.25, -0.2) is 0 Å². The number of terminal acetylenes is 1. The van der Waals surface area contributed by atoms with Crippen LogP contribution >= 0.6 is 0 Å². The van der Waals surface area contributed by atoms with Gasteiger partial charge in [-0.15, -0.1) is 6.42 Å². The summed E-state index contributed by atoms with van der Waals surface area (Å²) in [5.74, 6) is 2.29. The Morgan fingerprint density at radius 3 is 1.80 bits per heavy atom. The van der Waals surface area contributed by atoms with Crippen molar-refractivity contribution in [2.45, 2.75) is 38.8 Å². The molecule has 0 fully saturated rings. The fourth-order valence-electron chi connectivity index (χ4n) is 3.27. The van der Waals surface area contributed by atoms with Crippen molar-refractivity contribution >= 4 is 18.7 Å². The molecule has 0 heterocycles. The Bertz CT molecular complexity index is 659. The lowest BCUT2D eigenvalue weighted by Gasteiger charge is -2.43. The molecule has 0 saturated carbocycles. The zero-order valence-corrected chi connectivity index (χ0v) is 16.6. The van der Waals surface area contributed by atoms with E-state index in [9.17, 15) is 5.11 Å². The van der Waals surface area contributed by atoms with Gasteiger partial charge in [0.25, 0.3) is 8.32 Å². The summed E-state index contributed by atoms with van der Waals surface area (Å²) in [5.41, 5.74) is 0. The summed E-state index contributed by atoms with van der Waals surface area (Å²) in [6.07, 6.45) is 4.58. The monoisotopic (exact) mass is 352 g/mol. The molecule has 3 heteroatoms. The maximum Gasteiger partial charge on any atom is 0.261 e. The molecular formula is C22H28O2Si. The Morgan fingerprint density at radius 1 is 1.00 bits per heavy atom. The lowest BCUT2D eigenvalue weighted by Crippen LogP contribution is -2.67. The number of rotatable bonds is 6. The standard InChI is InChI=1S/C22H28O2Si/c1-6-21(23)18(2)17-24-25(22(3,4)5,19-13-9-7-10-14-19)20-15-11-8-12-16-20/h1,7-16,18,21,23H,17H2,2-5H3/t18-,21-/m0/s1. The van der Waals surface area contributed by atoms with Gasteiger partial charge in [-0.1, -0.05) is 94.3 Å². The van der Waals surface area contributed by atoms with Crippen molar-refractivity contribution in [2.24, 2.45) is 5.92 Å². The Hall–Kier alpha value is -1.86. The fourth-order valence-corrected chi connectivity index (χ4v) is 7.94. The fraction of sp³-hybridized carbons (Fsp3) is 0.364. The predicted octanol–water partition coefficient (Wildman–Crippen LogP) is 3.19. The van der Waals surface area contributed by atoms with Crippen LogP contribution in [0.2, 0.25) is 5.04 Å². The summed E-state index contributed by atoms with van der Waals surface area (Å²) in [5, 5.41) is 12.4. The third-order valence-electron chi connectivity index (χ3n) is 4.69. The second-order valence-electron chi connectivity index (χ2n) is 7.56. The molecule has 0 amide bonds. The van der Waals surface area contributed by atoms with Crippen molar-refractivity contribution in [1.29, 1.82) is 0 Å². The lowest BCUT2D eigenvalue weighted by atomic mass is 10.1.